The second-order valence-corrected chi connectivity index (χ2v) is 4.09. The molecule has 1 rings (SSSR count). The van der Waals surface area contributed by atoms with Crippen molar-refractivity contribution >= 4 is 0 Å². The number of nitrogens with zero attached hydrogens (tertiary/aromatic N) is 4. The number of hydrogen-bond donors (Lipinski definition) is 0. The van der Waals surface area contributed by atoms with Gasteiger partial charge in [0.05, 0.1) is 13.1 Å². The third-order valence-electron chi connectivity index (χ3n) is 2.68. The highest BCUT2D eigenvalue weighted by atomic mass is 15.5. The second kappa shape index (κ2) is 9.74. The molecule has 0 amide bonds. The van der Waals surface area contributed by atoms with Crippen molar-refractivity contribution in [1.82, 2.24) is 0 Å². The highest BCUT2D eigenvalue weighted by Crippen LogP contribution is 2.10. The summed E-state index contributed by atoms with van der Waals surface area (Å²) < 4.78 is 0. The van der Waals surface area contributed by atoms with Crippen molar-refractivity contribution in [3.05, 3.63) is 0 Å². The van der Waals surface area contributed by atoms with Gasteiger partial charge in [-0.1, -0.05) is 44.9 Å². The molecular weight excluding hydrogens is 188 g/mol. The van der Waals surface area contributed by atoms with E-state index in [1.54, 1.807) is 0 Å². The summed E-state index contributed by atoms with van der Waals surface area (Å²) in [6.45, 7) is 1.61. The molecule has 4 heteroatoms. The molecule has 0 bridgehead atoms. The van der Waals surface area contributed by atoms with E-state index in [4.69, 9.17) is 0 Å². The summed E-state index contributed by atoms with van der Waals surface area (Å²) in [4.78, 5) is 0. The van der Waals surface area contributed by atoms with Gasteiger partial charge in [-0.2, -0.15) is 10.2 Å². The highest BCUT2D eigenvalue weighted by Gasteiger charge is 1.93. The van der Waals surface area contributed by atoms with Crippen molar-refractivity contribution in [2.24, 2.45) is 20.7 Å². The predicted molar refractivity (Wildman–Crippen MR) is 61.0 cm³/mol. The zero-order valence-electron chi connectivity index (χ0n) is 9.57. The average Bonchev–Trinajstić information content (AvgIpc) is 2.27. The van der Waals surface area contributed by atoms with Crippen molar-refractivity contribution in [3.8, 4) is 0 Å². The lowest BCUT2D eigenvalue weighted by molar-refractivity contribution is 0.562. The van der Waals surface area contributed by atoms with Crippen LogP contribution < -0.4 is 0 Å². The first-order valence-electron chi connectivity index (χ1n) is 6.23. The first-order valence-corrected chi connectivity index (χ1v) is 6.23. The van der Waals surface area contributed by atoms with Crippen LogP contribution in [0.3, 0.4) is 0 Å². The maximum Gasteiger partial charge on any atom is 0.0621 e. The molecule has 1 heterocycles. The van der Waals surface area contributed by atoms with Gasteiger partial charge in [0.1, 0.15) is 0 Å². The summed E-state index contributed by atoms with van der Waals surface area (Å²) in [7, 11) is 0. The summed E-state index contributed by atoms with van der Waals surface area (Å²) in [5, 5.41) is 15.2. The Balaban J connectivity index is 2.16. The monoisotopic (exact) mass is 210 g/mol. The van der Waals surface area contributed by atoms with Gasteiger partial charge in [0.15, 0.2) is 0 Å². The maximum atomic E-state index is 3.95. The van der Waals surface area contributed by atoms with Gasteiger partial charge in [-0.05, 0) is 23.3 Å². The quantitative estimate of drug-likeness (QED) is 0.571. The lowest BCUT2D eigenvalue weighted by atomic mass is 10.1. The van der Waals surface area contributed by atoms with Crippen molar-refractivity contribution in [1.29, 1.82) is 0 Å². The molecule has 0 saturated carbocycles. The summed E-state index contributed by atoms with van der Waals surface area (Å²) in [6, 6.07) is 0. The van der Waals surface area contributed by atoms with Crippen LogP contribution in [0.4, 0.5) is 0 Å². The Bertz CT molecular complexity index is 169. The van der Waals surface area contributed by atoms with E-state index in [0.29, 0.717) is 0 Å². The lowest BCUT2D eigenvalue weighted by Crippen LogP contribution is -1.84. The third-order valence-corrected chi connectivity index (χ3v) is 2.68. The Kier molecular flexibility index (Phi) is 7.97. The van der Waals surface area contributed by atoms with E-state index in [1.165, 1.54) is 44.9 Å². The minimum absolute atomic E-state index is 0.805. The molecule has 1 aliphatic rings. The summed E-state index contributed by atoms with van der Waals surface area (Å²) in [5.74, 6) is 0. The first-order chi connectivity index (χ1) is 7.50. The van der Waals surface area contributed by atoms with E-state index in [0.717, 1.165) is 25.9 Å². The van der Waals surface area contributed by atoms with Gasteiger partial charge in [0, 0.05) is 0 Å². The van der Waals surface area contributed by atoms with Crippen molar-refractivity contribution in [2.75, 3.05) is 13.1 Å². The van der Waals surface area contributed by atoms with Crippen LogP contribution in [0.2, 0.25) is 0 Å². The fourth-order valence-electron chi connectivity index (χ4n) is 1.75. The molecule has 0 atom stereocenters. The maximum absolute atomic E-state index is 3.95. The van der Waals surface area contributed by atoms with Crippen molar-refractivity contribution in [2.45, 2.75) is 57.8 Å². The average molecular weight is 210 g/mol. The van der Waals surface area contributed by atoms with Crippen LogP contribution in [0, 0.1) is 0 Å². The van der Waals surface area contributed by atoms with E-state index in [9.17, 15) is 0 Å². The summed E-state index contributed by atoms with van der Waals surface area (Å²) in [5.41, 5.74) is 0. The fraction of sp³-hybridized carbons (Fsp3) is 1.00. The Morgan fingerprint density at radius 2 is 0.733 bits per heavy atom. The Labute approximate surface area is 92.2 Å². The standard InChI is InChI=1S/C11H22N4/c1-2-4-6-8-10-12-14-15-13-11-9-7-5-3-1/h1-11H2. The van der Waals surface area contributed by atoms with Gasteiger partial charge in [0.25, 0.3) is 0 Å². The van der Waals surface area contributed by atoms with Crippen LogP contribution in [0.25, 0.3) is 0 Å². The van der Waals surface area contributed by atoms with Crippen LogP contribution >= 0.6 is 0 Å². The molecule has 0 unspecified atom stereocenters. The molecule has 1 aliphatic heterocycles. The second-order valence-electron chi connectivity index (χ2n) is 4.09. The van der Waals surface area contributed by atoms with Gasteiger partial charge in [-0.25, -0.2) is 0 Å². The molecule has 15 heavy (non-hydrogen) atoms. The zero-order valence-corrected chi connectivity index (χ0v) is 9.57. The molecule has 0 aliphatic carbocycles. The Morgan fingerprint density at radius 1 is 0.400 bits per heavy atom. The molecule has 0 aromatic carbocycles. The summed E-state index contributed by atoms with van der Waals surface area (Å²) >= 11 is 0. The first kappa shape index (κ1) is 12.3. The minimum atomic E-state index is 0.805. The fourth-order valence-corrected chi connectivity index (χ4v) is 1.75. The largest absolute Gasteiger partial charge is 0.167 e. The Morgan fingerprint density at radius 3 is 1.13 bits per heavy atom. The van der Waals surface area contributed by atoms with Crippen LogP contribution in [0.5, 0.6) is 0 Å². The molecule has 86 valence electrons. The molecular formula is C11H22N4. The molecule has 0 saturated heterocycles. The Hall–Kier alpha value is -0.800. The SMILES string of the molecule is C1CCCCCN=NN=NCCCCC1. The normalized spacial score (nSPS) is 21.9. The molecule has 0 aromatic heterocycles. The van der Waals surface area contributed by atoms with Crippen LogP contribution in [-0.2, 0) is 0 Å². The molecule has 0 radical (unpaired) electrons. The minimum Gasteiger partial charge on any atom is -0.167 e. The highest BCUT2D eigenvalue weighted by molar-refractivity contribution is 4.50. The lowest BCUT2D eigenvalue weighted by Gasteiger charge is -2.00. The van der Waals surface area contributed by atoms with Gasteiger partial charge < -0.3 is 0 Å². The van der Waals surface area contributed by atoms with E-state index in [-0.39, 0.29) is 0 Å². The number of rotatable bonds is 0. The van der Waals surface area contributed by atoms with E-state index in [1.807, 2.05) is 0 Å². The van der Waals surface area contributed by atoms with Gasteiger partial charge in [0.2, 0.25) is 0 Å². The van der Waals surface area contributed by atoms with Crippen LogP contribution in [-0.4, -0.2) is 13.1 Å². The van der Waals surface area contributed by atoms with Crippen LogP contribution in [0.15, 0.2) is 20.7 Å². The van der Waals surface area contributed by atoms with E-state index in [2.05, 4.69) is 20.7 Å². The van der Waals surface area contributed by atoms with Crippen molar-refractivity contribution < 1.29 is 0 Å². The van der Waals surface area contributed by atoms with Gasteiger partial charge in [-0.15, -0.1) is 0 Å². The van der Waals surface area contributed by atoms with Gasteiger partial charge >= 0.3 is 0 Å². The van der Waals surface area contributed by atoms with E-state index < -0.39 is 0 Å². The smallest absolute Gasteiger partial charge is 0.0621 e. The molecule has 0 aromatic rings. The van der Waals surface area contributed by atoms with Gasteiger partial charge in [-0.3, -0.25) is 0 Å². The molecule has 0 spiro atoms. The molecule has 0 N–H and O–H groups in total. The summed E-state index contributed by atoms with van der Waals surface area (Å²) in [6.07, 6.45) is 11.7. The molecule has 0 fully saturated rings. The number of hydrogen-bond acceptors (Lipinski definition) is 4. The van der Waals surface area contributed by atoms with Crippen LogP contribution in [0.1, 0.15) is 57.8 Å². The third kappa shape index (κ3) is 8.21. The predicted octanol–water partition coefficient (Wildman–Crippen LogP) is 4.33. The molecule has 4 nitrogen and oxygen atoms in total. The topological polar surface area (TPSA) is 49.4 Å². The van der Waals surface area contributed by atoms with Crippen molar-refractivity contribution in [3.63, 3.8) is 0 Å². The van der Waals surface area contributed by atoms with E-state index >= 15 is 0 Å². The zero-order chi connectivity index (χ0) is 10.6.